The lowest BCUT2D eigenvalue weighted by Crippen LogP contribution is -2.29. The monoisotopic (exact) mass is 521 g/mol. The molecule has 39 heavy (non-hydrogen) atoms. The summed E-state index contributed by atoms with van der Waals surface area (Å²) in [5.41, 5.74) is 12.4. The van der Waals surface area contributed by atoms with E-state index in [0.29, 0.717) is 17.9 Å². The summed E-state index contributed by atoms with van der Waals surface area (Å²) in [5.74, 6) is 1.35. The molecule has 3 nitrogen and oxygen atoms in total. The highest BCUT2D eigenvalue weighted by atomic mass is 14.9. The molecule has 4 atom stereocenters. The number of hydrogen-bond acceptors (Lipinski definition) is 3. The minimum Gasteiger partial charge on any atom is -0.398 e. The maximum atomic E-state index is 6.51. The first-order valence-electron chi connectivity index (χ1n) is 15.0. The molecule has 4 rings (SSSR count). The molecule has 0 aromatic heterocycles. The topological polar surface area (TPSA) is 50.4 Å². The number of nitrogens with one attached hydrogen (secondary N) is 1. The molecule has 0 bridgehead atoms. The number of hydrogen-bond donors (Lipinski definition) is 2. The van der Waals surface area contributed by atoms with Crippen molar-refractivity contribution < 1.29 is 0 Å². The van der Waals surface area contributed by atoms with Crippen LogP contribution >= 0.6 is 0 Å². The molecule has 2 unspecified atom stereocenters. The first-order valence-corrected chi connectivity index (χ1v) is 15.0. The Hall–Kier alpha value is -3.33. The second-order valence-electron chi connectivity index (χ2n) is 11.2. The number of aliphatic imine (C=N–C) groups is 1. The van der Waals surface area contributed by atoms with Gasteiger partial charge in [-0.15, -0.1) is 6.58 Å². The van der Waals surface area contributed by atoms with Crippen molar-refractivity contribution in [3.63, 3.8) is 0 Å². The van der Waals surface area contributed by atoms with Crippen LogP contribution in [0.2, 0.25) is 0 Å². The maximum absolute atomic E-state index is 6.51. The highest BCUT2D eigenvalue weighted by molar-refractivity contribution is 5.99. The van der Waals surface area contributed by atoms with Crippen LogP contribution in [0.15, 0.2) is 125 Å². The quantitative estimate of drug-likeness (QED) is 0.154. The van der Waals surface area contributed by atoms with Gasteiger partial charge in [-0.25, -0.2) is 0 Å². The average molecular weight is 522 g/mol. The minimum absolute atomic E-state index is 0.288. The summed E-state index contributed by atoms with van der Waals surface area (Å²) in [4.78, 5) is 5.04. The van der Waals surface area contributed by atoms with Crippen LogP contribution in [-0.2, 0) is 0 Å². The molecule has 0 saturated heterocycles. The Morgan fingerprint density at radius 3 is 2.79 bits per heavy atom. The summed E-state index contributed by atoms with van der Waals surface area (Å²) in [6, 6.07) is 0.468. The van der Waals surface area contributed by atoms with Crippen LogP contribution in [0.25, 0.3) is 0 Å². The van der Waals surface area contributed by atoms with Crippen LogP contribution < -0.4 is 11.1 Å². The third kappa shape index (κ3) is 9.13. The van der Waals surface area contributed by atoms with Crippen molar-refractivity contribution in [1.82, 2.24) is 5.32 Å². The SMILES string of the molecule is C=CCC(/C=C\CCN=C(C=C(N)C1=CC=CCC1)[C@H]1C=CC=CC1)C1=CCCC(N[C@H]2C=CC(C)CC2)=C1. The Labute approximate surface area is 236 Å². The van der Waals surface area contributed by atoms with Crippen molar-refractivity contribution in [3.05, 3.63) is 120 Å². The fraction of sp³-hybridized carbons (Fsp3) is 0.417. The minimum atomic E-state index is 0.288. The summed E-state index contributed by atoms with van der Waals surface area (Å²) in [7, 11) is 0. The molecular formula is C36H47N3. The highest BCUT2D eigenvalue weighted by Crippen LogP contribution is 2.27. The van der Waals surface area contributed by atoms with Gasteiger partial charge in [0.2, 0.25) is 0 Å². The summed E-state index contributed by atoms with van der Waals surface area (Å²) < 4.78 is 0. The molecule has 4 aliphatic rings. The fourth-order valence-electron chi connectivity index (χ4n) is 5.62. The summed E-state index contributed by atoms with van der Waals surface area (Å²) in [6.07, 6.45) is 43.0. The Balaban J connectivity index is 1.38. The van der Waals surface area contributed by atoms with Gasteiger partial charge in [0.15, 0.2) is 0 Å². The van der Waals surface area contributed by atoms with E-state index >= 15 is 0 Å². The lowest BCUT2D eigenvalue weighted by molar-refractivity contribution is 0.494. The van der Waals surface area contributed by atoms with Crippen LogP contribution in [0, 0.1) is 17.8 Å². The normalized spacial score (nSPS) is 26.3. The predicted octanol–water partition coefficient (Wildman–Crippen LogP) is 8.37. The van der Waals surface area contributed by atoms with Gasteiger partial charge in [-0.05, 0) is 87.0 Å². The molecule has 0 radical (unpaired) electrons. The van der Waals surface area contributed by atoms with E-state index in [-0.39, 0.29) is 5.92 Å². The van der Waals surface area contributed by atoms with Gasteiger partial charge in [-0.1, -0.05) is 85.9 Å². The zero-order chi connectivity index (χ0) is 27.3. The van der Waals surface area contributed by atoms with Crippen LogP contribution in [-0.4, -0.2) is 18.3 Å². The van der Waals surface area contributed by atoms with Crippen molar-refractivity contribution in [1.29, 1.82) is 0 Å². The smallest absolute Gasteiger partial charge is 0.0441 e. The summed E-state index contributed by atoms with van der Waals surface area (Å²) in [6.45, 7) is 7.10. The summed E-state index contributed by atoms with van der Waals surface area (Å²) >= 11 is 0. The second kappa shape index (κ2) is 15.3. The van der Waals surface area contributed by atoms with Crippen LogP contribution in [0.1, 0.15) is 64.7 Å². The molecule has 0 aliphatic heterocycles. The molecule has 0 spiro atoms. The lowest BCUT2D eigenvalue weighted by atomic mass is 9.89. The van der Waals surface area contributed by atoms with Gasteiger partial charge in [0.1, 0.15) is 0 Å². The van der Waals surface area contributed by atoms with Gasteiger partial charge in [-0.2, -0.15) is 0 Å². The second-order valence-corrected chi connectivity index (χ2v) is 11.2. The molecule has 0 aromatic rings. The lowest BCUT2D eigenvalue weighted by Gasteiger charge is -2.26. The average Bonchev–Trinajstić information content (AvgIpc) is 2.98. The van der Waals surface area contributed by atoms with Gasteiger partial charge in [0.25, 0.3) is 0 Å². The van der Waals surface area contributed by atoms with Crippen LogP contribution in [0.4, 0.5) is 0 Å². The van der Waals surface area contributed by atoms with Crippen LogP contribution in [0.3, 0.4) is 0 Å². The molecule has 0 amide bonds. The van der Waals surface area contributed by atoms with E-state index in [9.17, 15) is 0 Å². The van der Waals surface area contributed by atoms with E-state index < -0.39 is 0 Å². The van der Waals surface area contributed by atoms with Gasteiger partial charge in [-0.3, -0.25) is 4.99 Å². The first-order chi connectivity index (χ1) is 19.1. The van der Waals surface area contributed by atoms with E-state index in [1.807, 2.05) is 6.08 Å². The molecule has 3 heteroatoms. The largest absolute Gasteiger partial charge is 0.398 e. The molecular weight excluding hydrogens is 474 g/mol. The van der Waals surface area contributed by atoms with Gasteiger partial charge in [0.05, 0.1) is 0 Å². The third-order valence-electron chi connectivity index (χ3n) is 7.97. The van der Waals surface area contributed by atoms with E-state index in [2.05, 4.69) is 104 Å². The van der Waals surface area contributed by atoms with Gasteiger partial charge >= 0.3 is 0 Å². The molecule has 4 aliphatic carbocycles. The zero-order valence-corrected chi connectivity index (χ0v) is 23.8. The molecule has 206 valence electrons. The molecule has 0 aromatic carbocycles. The molecule has 0 heterocycles. The maximum Gasteiger partial charge on any atom is 0.0441 e. The van der Waals surface area contributed by atoms with Gasteiger partial charge < -0.3 is 11.1 Å². The third-order valence-corrected chi connectivity index (χ3v) is 7.97. The van der Waals surface area contributed by atoms with E-state index in [1.54, 1.807) is 0 Å². The van der Waals surface area contributed by atoms with Crippen molar-refractivity contribution in [3.8, 4) is 0 Å². The molecule has 0 fully saturated rings. The predicted molar refractivity (Wildman–Crippen MR) is 169 cm³/mol. The number of rotatable bonds is 12. The Kier molecular flexibility index (Phi) is 11.3. The Bertz CT molecular complexity index is 1150. The van der Waals surface area contributed by atoms with Crippen molar-refractivity contribution in [2.24, 2.45) is 28.5 Å². The van der Waals surface area contributed by atoms with Crippen LogP contribution in [0.5, 0.6) is 0 Å². The van der Waals surface area contributed by atoms with E-state index in [4.69, 9.17) is 10.7 Å². The number of allylic oxidation sites excluding steroid dienone is 16. The standard InChI is InChI=1S/C36H47N3/c1-3-13-29(32-19-12-20-34(26-32)39-33-23-21-28(2)22-24-33)14-10-11-25-38-36(31-17-8-5-9-18-31)27-35(37)30-15-6-4-7-16-30/h3-6,8-10,14-15,17,19,21,23,26-29,31,33,39H,1,7,11-13,16,18,20,22,24-25,37H2,2H3/b14-10-,35-27?,38-36?/t28?,29?,31-,33-/m0/s1. The zero-order valence-electron chi connectivity index (χ0n) is 23.8. The first kappa shape index (κ1) is 28.7. The Morgan fingerprint density at radius 1 is 1.13 bits per heavy atom. The highest BCUT2D eigenvalue weighted by Gasteiger charge is 2.17. The fourth-order valence-corrected chi connectivity index (χ4v) is 5.62. The van der Waals surface area contributed by atoms with Gasteiger partial charge in [0, 0.05) is 41.5 Å². The van der Waals surface area contributed by atoms with Crippen molar-refractivity contribution in [2.45, 2.75) is 70.8 Å². The summed E-state index contributed by atoms with van der Waals surface area (Å²) in [5, 5.41) is 3.80. The van der Waals surface area contributed by atoms with Crippen molar-refractivity contribution >= 4 is 5.71 Å². The number of nitrogens with two attached hydrogens (primary N) is 1. The molecule has 0 saturated carbocycles. The number of nitrogens with zero attached hydrogens (tertiary/aromatic N) is 1. The van der Waals surface area contributed by atoms with Crippen molar-refractivity contribution in [2.75, 3.05) is 6.54 Å². The van der Waals surface area contributed by atoms with E-state index in [0.717, 1.165) is 62.9 Å². The molecule has 3 N–H and O–H groups in total. The van der Waals surface area contributed by atoms with E-state index in [1.165, 1.54) is 29.7 Å². The Morgan fingerprint density at radius 2 is 2.05 bits per heavy atom.